The Hall–Kier alpha value is -2.18. The van der Waals surface area contributed by atoms with E-state index in [1.165, 1.54) is 0 Å². The largest absolute Gasteiger partial charge is 0.349 e. The fourth-order valence-electron chi connectivity index (χ4n) is 1.15. The zero-order chi connectivity index (χ0) is 13.0. The van der Waals surface area contributed by atoms with Crippen molar-refractivity contribution < 1.29 is 9.72 Å². The quantitative estimate of drug-likeness (QED) is 0.599. The van der Waals surface area contributed by atoms with Gasteiger partial charge in [0.2, 0.25) is 0 Å². The van der Waals surface area contributed by atoms with Gasteiger partial charge in [-0.15, -0.1) is 0 Å². The molecule has 0 radical (unpaired) electrons. The highest BCUT2D eigenvalue weighted by Gasteiger charge is 2.16. The molecule has 1 rings (SSSR count). The normalized spacial score (nSPS) is 11.9. The molecule has 92 valence electrons. The van der Waals surface area contributed by atoms with Crippen molar-refractivity contribution in [3.63, 3.8) is 0 Å². The highest BCUT2D eigenvalue weighted by molar-refractivity contribution is 5.94. The molecule has 0 fully saturated rings. The van der Waals surface area contributed by atoms with Crippen LogP contribution in [-0.4, -0.2) is 21.9 Å². The molecule has 1 aromatic rings. The first kappa shape index (κ1) is 12.9. The van der Waals surface area contributed by atoms with Crippen molar-refractivity contribution in [3.8, 4) is 0 Å². The average molecular weight is 239 g/mol. The summed E-state index contributed by atoms with van der Waals surface area (Å²) >= 11 is 0. The van der Waals surface area contributed by atoms with Gasteiger partial charge in [-0.3, -0.25) is 19.7 Å². The lowest BCUT2D eigenvalue weighted by molar-refractivity contribution is -0.385. The Bertz CT molecular complexity index is 495. The molecule has 1 amide bonds. The maximum absolute atomic E-state index is 11.7. The number of nitro groups is 1. The minimum Gasteiger partial charge on any atom is -0.349 e. The van der Waals surface area contributed by atoms with E-state index in [-0.39, 0.29) is 17.3 Å². The summed E-state index contributed by atoms with van der Waals surface area (Å²) in [6.07, 6.45) is 1.67. The zero-order valence-corrected chi connectivity index (χ0v) is 9.52. The summed E-state index contributed by atoms with van der Waals surface area (Å²) in [6, 6.07) is 0.873. The number of nitrogens with zero attached hydrogens (tertiary/aromatic N) is 1. The van der Waals surface area contributed by atoms with E-state index in [2.05, 4.69) is 10.3 Å². The van der Waals surface area contributed by atoms with Crippen molar-refractivity contribution in [3.05, 3.63) is 38.3 Å². The molecule has 17 heavy (non-hydrogen) atoms. The number of H-pyrrole nitrogens is 1. The van der Waals surface area contributed by atoms with E-state index in [0.29, 0.717) is 6.42 Å². The Morgan fingerprint density at radius 1 is 1.65 bits per heavy atom. The van der Waals surface area contributed by atoms with Crippen LogP contribution in [0, 0.1) is 10.1 Å². The second-order valence-corrected chi connectivity index (χ2v) is 3.64. The Morgan fingerprint density at radius 2 is 2.29 bits per heavy atom. The highest BCUT2D eigenvalue weighted by Crippen LogP contribution is 2.08. The summed E-state index contributed by atoms with van der Waals surface area (Å²) in [7, 11) is 0. The fourth-order valence-corrected chi connectivity index (χ4v) is 1.15. The van der Waals surface area contributed by atoms with Gasteiger partial charge >= 0.3 is 0 Å². The lowest BCUT2D eigenvalue weighted by Crippen LogP contribution is -2.35. The van der Waals surface area contributed by atoms with Crippen molar-refractivity contribution in [2.45, 2.75) is 26.3 Å². The molecule has 0 spiro atoms. The maximum atomic E-state index is 11.7. The first-order valence-corrected chi connectivity index (χ1v) is 5.13. The van der Waals surface area contributed by atoms with E-state index in [4.69, 9.17) is 0 Å². The number of amides is 1. The van der Waals surface area contributed by atoms with Crippen LogP contribution in [0.4, 0.5) is 5.69 Å². The first-order valence-electron chi connectivity index (χ1n) is 5.13. The van der Waals surface area contributed by atoms with Gasteiger partial charge in [-0.25, -0.2) is 0 Å². The van der Waals surface area contributed by atoms with Crippen molar-refractivity contribution in [2.24, 2.45) is 0 Å². The van der Waals surface area contributed by atoms with Gasteiger partial charge in [0, 0.05) is 12.1 Å². The van der Waals surface area contributed by atoms with Crippen LogP contribution in [0.3, 0.4) is 0 Å². The van der Waals surface area contributed by atoms with Crippen molar-refractivity contribution in [1.29, 1.82) is 0 Å². The summed E-state index contributed by atoms with van der Waals surface area (Å²) in [5.74, 6) is -0.607. The van der Waals surface area contributed by atoms with Gasteiger partial charge in [0.25, 0.3) is 17.2 Å². The SMILES string of the molecule is CCC(C)NC(=O)c1cc([N+](=O)[O-])c[nH]c1=O. The number of hydrogen-bond acceptors (Lipinski definition) is 4. The Morgan fingerprint density at radius 3 is 2.82 bits per heavy atom. The van der Waals surface area contributed by atoms with Crippen LogP contribution in [0.1, 0.15) is 30.6 Å². The minimum atomic E-state index is -0.671. The lowest BCUT2D eigenvalue weighted by atomic mass is 10.2. The lowest BCUT2D eigenvalue weighted by Gasteiger charge is -2.10. The number of pyridine rings is 1. The molecule has 0 saturated carbocycles. The minimum absolute atomic E-state index is 0.0961. The molecule has 0 saturated heterocycles. The maximum Gasteiger partial charge on any atom is 0.286 e. The number of aromatic amines is 1. The number of carbonyl (C=O) groups is 1. The number of carbonyl (C=O) groups excluding carboxylic acids is 1. The van der Waals surface area contributed by atoms with E-state index in [9.17, 15) is 19.7 Å². The third-order valence-corrected chi connectivity index (χ3v) is 2.33. The van der Waals surface area contributed by atoms with Crippen LogP contribution >= 0.6 is 0 Å². The third-order valence-electron chi connectivity index (χ3n) is 2.33. The second kappa shape index (κ2) is 5.24. The molecule has 0 aliphatic carbocycles. The average Bonchev–Trinajstić information content (AvgIpc) is 2.28. The number of hydrogen-bond donors (Lipinski definition) is 2. The molecule has 0 bridgehead atoms. The predicted molar refractivity (Wildman–Crippen MR) is 60.9 cm³/mol. The van der Waals surface area contributed by atoms with Crippen LogP contribution in [0.25, 0.3) is 0 Å². The second-order valence-electron chi connectivity index (χ2n) is 3.64. The van der Waals surface area contributed by atoms with Crippen LogP contribution in [0.15, 0.2) is 17.1 Å². The number of nitrogens with one attached hydrogen (secondary N) is 2. The predicted octanol–water partition coefficient (Wildman–Crippen LogP) is 0.811. The molecule has 7 nitrogen and oxygen atoms in total. The monoisotopic (exact) mass is 239 g/mol. The number of aromatic nitrogens is 1. The van der Waals surface area contributed by atoms with E-state index in [1.54, 1.807) is 6.92 Å². The van der Waals surface area contributed by atoms with Gasteiger partial charge in [0.15, 0.2) is 0 Å². The Balaban J connectivity index is 3.04. The van der Waals surface area contributed by atoms with Gasteiger partial charge in [0.1, 0.15) is 5.56 Å². The summed E-state index contributed by atoms with van der Waals surface area (Å²) in [5.41, 5.74) is -1.21. The number of rotatable bonds is 4. The smallest absolute Gasteiger partial charge is 0.286 e. The van der Waals surface area contributed by atoms with Gasteiger partial charge in [-0.1, -0.05) is 6.92 Å². The Labute approximate surface area is 97.0 Å². The van der Waals surface area contributed by atoms with Crippen LogP contribution in [0.5, 0.6) is 0 Å². The summed E-state index contributed by atoms with van der Waals surface area (Å²) in [6.45, 7) is 3.66. The van der Waals surface area contributed by atoms with E-state index < -0.39 is 16.4 Å². The third kappa shape index (κ3) is 3.13. The molecule has 1 aromatic heterocycles. The van der Waals surface area contributed by atoms with Gasteiger partial charge in [-0.2, -0.15) is 0 Å². The molecule has 7 heteroatoms. The fraction of sp³-hybridized carbons (Fsp3) is 0.400. The standard InChI is InChI=1S/C10H13N3O4/c1-3-6(2)12-10(15)8-4-7(13(16)17)5-11-9(8)14/h4-6H,3H2,1-2H3,(H,11,14)(H,12,15). The van der Waals surface area contributed by atoms with Gasteiger partial charge < -0.3 is 10.3 Å². The molecule has 0 aliphatic heterocycles. The molecular weight excluding hydrogens is 226 g/mol. The molecule has 0 aromatic carbocycles. The van der Waals surface area contributed by atoms with Gasteiger partial charge in [-0.05, 0) is 13.3 Å². The van der Waals surface area contributed by atoms with E-state index in [0.717, 1.165) is 12.3 Å². The van der Waals surface area contributed by atoms with Crippen molar-refractivity contribution in [1.82, 2.24) is 10.3 Å². The molecule has 1 unspecified atom stereocenters. The van der Waals surface area contributed by atoms with Crippen LogP contribution < -0.4 is 10.9 Å². The van der Waals surface area contributed by atoms with Crippen molar-refractivity contribution >= 4 is 11.6 Å². The van der Waals surface area contributed by atoms with Crippen molar-refractivity contribution in [2.75, 3.05) is 0 Å². The highest BCUT2D eigenvalue weighted by atomic mass is 16.6. The van der Waals surface area contributed by atoms with Crippen LogP contribution in [0.2, 0.25) is 0 Å². The summed E-state index contributed by atoms with van der Waals surface area (Å²) < 4.78 is 0. The summed E-state index contributed by atoms with van der Waals surface area (Å²) in [4.78, 5) is 35.0. The van der Waals surface area contributed by atoms with E-state index >= 15 is 0 Å². The Kier molecular flexibility index (Phi) is 3.97. The molecule has 1 heterocycles. The van der Waals surface area contributed by atoms with Gasteiger partial charge in [0.05, 0.1) is 11.1 Å². The molecule has 1 atom stereocenters. The zero-order valence-electron chi connectivity index (χ0n) is 9.52. The summed E-state index contributed by atoms with van der Waals surface area (Å²) in [5, 5.41) is 13.1. The molecular formula is C10H13N3O4. The van der Waals surface area contributed by atoms with Crippen LogP contribution in [-0.2, 0) is 0 Å². The topological polar surface area (TPSA) is 105 Å². The van der Waals surface area contributed by atoms with E-state index in [1.807, 2.05) is 6.92 Å². The molecule has 2 N–H and O–H groups in total. The first-order chi connectivity index (χ1) is 7.95. The molecule has 0 aliphatic rings.